The zero-order valence-corrected chi connectivity index (χ0v) is 9.40. The van der Waals surface area contributed by atoms with Crippen molar-refractivity contribution in [3.63, 3.8) is 0 Å². The number of halogens is 2. The SMILES string of the molecule is CC(C)(Br)C(=O)N1CCC=C(F)C1. The fourth-order valence-electron chi connectivity index (χ4n) is 1.25. The lowest BCUT2D eigenvalue weighted by molar-refractivity contribution is -0.132. The summed E-state index contributed by atoms with van der Waals surface area (Å²) in [7, 11) is 0. The Bertz CT molecular complexity index is 244. The van der Waals surface area contributed by atoms with E-state index in [1.54, 1.807) is 13.8 Å². The topological polar surface area (TPSA) is 20.3 Å². The molecule has 4 heteroatoms. The first-order chi connectivity index (χ1) is 5.91. The second kappa shape index (κ2) is 3.78. The Morgan fingerprint density at radius 2 is 2.31 bits per heavy atom. The van der Waals surface area contributed by atoms with Gasteiger partial charge in [0.05, 0.1) is 10.9 Å². The number of hydrogen-bond acceptors (Lipinski definition) is 1. The molecule has 0 aliphatic carbocycles. The number of rotatable bonds is 1. The Kier molecular flexibility index (Phi) is 3.11. The van der Waals surface area contributed by atoms with E-state index >= 15 is 0 Å². The van der Waals surface area contributed by atoms with Gasteiger partial charge >= 0.3 is 0 Å². The predicted octanol–water partition coefficient (Wildman–Crippen LogP) is 2.25. The summed E-state index contributed by atoms with van der Waals surface area (Å²) in [5.74, 6) is -0.271. The molecule has 0 aromatic carbocycles. The molecule has 0 atom stereocenters. The molecule has 1 heterocycles. The average Bonchev–Trinajstić information content (AvgIpc) is 2.01. The molecule has 1 rings (SSSR count). The van der Waals surface area contributed by atoms with Gasteiger partial charge in [-0.1, -0.05) is 15.9 Å². The van der Waals surface area contributed by atoms with E-state index in [2.05, 4.69) is 15.9 Å². The van der Waals surface area contributed by atoms with E-state index in [4.69, 9.17) is 0 Å². The van der Waals surface area contributed by atoms with Gasteiger partial charge in [0.15, 0.2) is 0 Å². The Balaban J connectivity index is 2.65. The van der Waals surface area contributed by atoms with Crippen LogP contribution in [0.1, 0.15) is 20.3 Å². The number of hydrogen-bond donors (Lipinski definition) is 0. The van der Waals surface area contributed by atoms with Gasteiger partial charge in [-0.3, -0.25) is 4.79 Å². The maximum Gasteiger partial charge on any atom is 0.239 e. The minimum absolute atomic E-state index is 0.0595. The summed E-state index contributed by atoms with van der Waals surface area (Å²) >= 11 is 3.27. The van der Waals surface area contributed by atoms with Gasteiger partial charge in [0.1, 0.15) is 5.83 Å². The van der Waals surface area contributed by atoms with Crippen molar-refractivity contribution < 1.29 is 9.18 Å². The summed E-state index contributed by atoms with van der Waals surface area (Å²) in [5.41, 5.74) is 0. The van der Waals surface area contributed by atoms with Gasteiger partial charge in [-0.25, -0.2) is 4.39 Å². The van der Waals surface area contributed by atoms with Crippen LogP contribution in [0.4, 0.5) is 4.39 Å². The molecule has 0 N–H and O–H groups in total. The van der Waals surface area contributed by atoms with Crippen LogP contribution in [0, 0.1) is 0 Å². The first-order valence-corrected chi connectivity index (χ1v) is 5.03. The van der Waals surface area contributed by atoms with Crippen molar-refractivity contribution in [1.82, 2.24) is 4.90 Å². The molecule has 1 aliphatic rings. The molecule has 0 aromatic rings. The molecule has 0 bridgehead atoms. The van der Waals surface area contributed by atoms with Crippen molar-refractivity contribution in [2.45, 2.75) is 24.6 Å². The molecule has 0 aromatic heterocycles. The van der Waals surface area contributed by atoms with Crippen LogP contribution in [-0.4, -0.2) is 28.2 Å². The number of carbonyl (C=O) groups is 1. The molecule has 74 valence electrons. The summed E-state index contributed by atoms with van der Waals surface area (Å²) in [4.78, 5) is 13.2. The Labute approximate surface area is 85.9 Å². The van der Waals surface area contributed by atoms with Gasteiger partial charge < -0.3 is 4.90 Å². The monoisotopic (exact) mass is 249 g/mol. The van der Waals surface area contributed by atoms with Gasteiger partial charge in [-0.2, -0.15) is 0 Å². The lowest BCUT2D eigenvalue weighted by Gasteiger charge is -2.29. The predicted molar refractivity (Wildman–Crippen MR) is 53.4 cm³/mol. The molecule has 0 saturated heterocycles. The van der Waals surface area contributed by atoms with Crippen LogP contribution in [-0.2, 0) is 4.79 Å². The van der Waals surface area contributed by atoms with E-state index in [1.165, 1.54) is 11.0 Å². The van der Waals surface area contributed by atoms with Crippen molar-refractivity contribution >= 4 is 21.8 Å². The Morgan fingerprint density at radius 1 is 1.69 bits per heavy atom. The third-order valence-corrected chi connectivity index (χ3v) is 2.24. The quantitative estimate of drug-likeness (QED) is 0.653. The summed E-state index contributed by atoms with van der Waals surface area (Å²) in [6.07, 6.45) is 2.14. The minimum atomic E-state index is -0.593. The van der Waals surface area contributed by atoms with Crippen molar-refractivity contribution in [1.29, 1.82) is 0 Å². The van der Waals surface area contributed by atoms with Crippen LogP contribution in [0.5, 0.6) is 0 Å². The van der Waals surface area contributed by atoms with Gasteiger partial charge in [-0.15, -0.1) is 0 Å². The standard InChI is InChI=1S/C9H13BrFNO/c1-9(2,10)8(13)12-5-3-4-7(11)6-12/h4H,3,5-6H2,1-2H3. The van der Waals surface area contributed by atoms with E-state index < -0.39 is 4.32 Å². The minimum Gasteiger partial charge on any atom is -0.335 e. The zero-order chi connectivity index (χ0) is 10.1. The Morgan fingerprint density at radius 3 is 2.77 bits per heavy atom. The molecule has 0 spiro atoms. The molecule has 0 radical (unpaired) electrons. The number of amides is 1. The fourth-order valence-corrected chi connectivity index (χ4v) is 1.50. The first kappa shape index (κ1) is 10.7. The summed E-state index contributed by atoms with van der Waals surface area (Å²) < 4.78 is 12.2. The highest BCUT2D eigenvalue weighted by molar-refractivity contribution is 9.10. The lowest BCUT2D eigenvalue weighted by Crippen LogP contribution is -2.43. The highest BCUT2D eigenvalue weighted by Crippen LogP contribution is 2.22. The average molecular weight is 250 g/mol. The van der Waals surface area contributed by atoms with Gasteiger partial charge in [0, 0.05) is 6.54 Å². The van der Waals surface area contributed by atoms with Crippen LogP contribution in [0.25, 0.3) is 0 Å². The van der Waals surface area contributed by atoms with Gasteiger partial charge in [0.2, 0.25) is 5.91 Å². The van der Waals surface area contributed by atoms with Gasteiger partial charge in [0.25, 0.3) is 0 Å². The number of carbonyl (C=O) groups excluding carboxylic acids is 1. The molecule has 1 aliphatic heterocycles. The van der Waals surface area contributed by atoms with E-state index in [9.17, 15) is 9.18 Å². The first-order valence-electron chi connectivity index (χ1n) is 4.24. The molecule has 13 heavy (non-hydrogen) atoms. The van der Waals surface area contributed by atoms with Crippen molar-refractivity contribution in [3.05, 3.63) is 11.9 Å². The normalized spacial score (nSPS) is 18.5. The molecular formula is C9H13BrFNO. The second-order valence-electron chi connectivity index (χ2n) is 3.64. The van der Waals surface area contributed by atoms with E-state index in [-0.39, 0.29) is 18.3 Å². The van der Waals surface area contributed by atoms with Crippen LogP contribution >= 0.6 is 15.9 Å². The molecule has 1 amide bonds. The van der Waals surface area contributed by atoms with Crippen molar-refractivity contribution in [2.24, 2.45) is 0 Å². The molecule has 0 saturated carbocycles. The largest absolute Gasteiger partial charge is 0.335 e. The second-order valence-corrected chi connectivity index (χ2v) is 5.62. The van der Waals surface area contributed by atoms with Crippen molar-refractivity contribution in [3.8, 4) is 0 Å². The molecular weight excluding hydrogens is 237 g/mol. The molecule has 0 unspecified atom stereocenters. The number of nitrogens with zero attached hydrogens (tertiary/aromatic N) is 1. The van der Waals surface area contributed by atoms with E-state index in [1.807, 2.05) is 0 Å². The van der Waals surface area contributed by atoms with Gasteiger partial charge in [-0.05, 0) is 26.3 Å². The maximum atomic E-state index is 12.8. The van der Waals surface area contributed by atoms with Crippen LogP contribution in [0.2, 0.25) is 0 Å². The molecule has 0 fully saturated rings. The fraction of sp³-hybridized carbons (Fsp3) is 0.667. The maximum absolute atomic E-state index is 12.8. The Hall–Kier alpha value is -0.380. The van der Waals surface area contributed by atoms with Crippen molar-refractivity contribution in [2.75, 3.05) is 13.1 Å². The number of alkyl halides is 1. The summed E-state index contributed by atoms with van der Waals surface area (Å²) in [6.45, 7) is 4.27. The third kappa shape index (κ3) is 2.79. The molecule has 2 nitrogen and oxygen atoms in total. The van der Waals surface area contributed by atoms with Crippen LogP contribution in [0.15, 0.2) is 11.9 Å². The summed E-state index contributed by atoms with van der Waals surface area (Å²) in [5, 5.41) is 0. The third-order valence-electron chi connectivity index (χ3n) is 1.90. The van der Waals surface area contributed by atoms with Crippen LogP contribution < -0.4 is 0 Å². The zero-order valence-electron chi connectivity index (χ0n) is 7.81. The smallest absolute Gasteiger partial charge is 0.239 e. The van der Waals surface area contributed by atoms with Crippen LogP contribution in [0.3, 0.4) is 0 Å². The van der Waals surface area contributed by atoms with E-state index in [0.717, 1.165) is 0 Å². The highest BCUT2D eigenvalue weighted by Gasteiger charge is 2.30. The lowest BCUT2D eigenvalue weighted by atomic mass is 10.1. The highest BCUT2D eigenvalue weighted by atomic mass is 79.9. The van der Waals surface area contributed by atoms with E-state index in [0.29, 0.717) is 13.0 Å². The summed E-state index contributed by atoms with van der Waals surface area (Å²) in [6, 6.07) is 0.